The van der Waals surface area contributed by atoms with Crippen molar-refractivity contribution in [3.63, 3.8) is 0 Å². The molecule has 0 aromatic rings. The van der Waals surface area contributed by atoms with E-state index in [4.69, 9.17) is 5.11 Å². The SMILES string of the molecule is CC(C)(C)CCN(C(=O)C=CC(=O)O)C(C)(C)C. The van der Waals surface area contributed by atoms with E-state index < -0.39 is 5.97 Å². The molecule has 0 saturated carbocycles. The molecule has 0 spiro atoms. The van der Waals surface area contributed by atoms with Crippen LogP contribution in [0.2, 0.25) is 0 Å². The van der Waals surface area contributed by atoms with Crippen molar-refractivity contribution in [2.24, 2.45) is 5.41 Å². The van der Waals surface area contributed by atoms with Gasteiger partial charge in [-0.25, -0.2) is 4.79 Å². The van der Waals surface area contributed by atoms with Gasteiger partial charge < -0.3 is 10.0 Å². The van der Waals surface area contributed by atoms with Crippen LogP contribution in [-0.4, -0.2) is 34.0 Å². The Morgan fingerprint density at radius 2 is 1.56 bits per heavy atom. The Balaban J connectivity index is 4.81. The summed E-state index contributed by atoms with van der Waals surface area (Å²) in [5, 5.41) is 8.55. The lowest BCUT2D eigenvalue weighted by Crippen LogP contribution is -2.46. The normalized spacial score (nSPS) is 12.8. The number of amides is 1. The number of hydrogen-bond acceptors (Lipinski definition) is 2. The first-order valence-corrected chi connectivity index (χ1v) is 6.16. The largest absolute Gasteiger partial charge is 0.478 e. The second kappa shape index (κ2) is 6.03. The van der Waals surface area contributed by atoms with Gasteiger partial charge in [-0.05, 0) is 32.6 Å². The van der Waals surface area contributed by atoms with Crippen LogP contribution >= 0.6 is 0 Å². The molecule has 0 radical (unpaired) electrons. The Hall–Kier alpha value is -1.32. The van der Waals surface area contributed by atoms with E-state index in [0.29, 0.717) is 6.54 Å². The van der Waals surface area contributed by atoms with Crippen molar-refractivity contribution < 1.29 is 14.7 Å². The lowest BCUT2D eigenvalue weighted by molar-refractivity contribution is -0.133. The van der Waals surface area contributed by atoms with Crippen LogP contribution < -0.4 is 0 Å². The molecule has 0 aliphatic carbocycles. The van der Waals surface area contributed by atoms with E-state index in [9.17, 15) is 9.59 Å². The highest BCUT2D eigenvalue weighted by molar-refractivity contribution is 5.94. The first-order valence-electron chi connectivity index (χ1n) is 6.16. The van der Waals surface area contributed by atoms with Crippen LogP contribution in [0.15, 0.2) is 12.2 Å². The van der Waals surface area contributed by atoms with E-state index in [1.54, 1.807) is 4.90 Å². The zero-order chi connectivity index (χ0) is 14.6. The molecule has 0 atom stereocenters. The van der Waals surface area contributed by atoms with Crippen molar-refractivity contribution in [1.29, 1.82) is 0 Å². The Labute approximate surface area is 110 Å². The van der Waals surface area contributed by atoms with E-state index in [1.807, 2.05) is 20.8 Å². The molecular formula is C14H25NO3. The van der Waals surface area contributed by atoms with Gasteiger partial charge in [0.1, 0.15) is 0 Å². The van der Waals surface area contributed by atoms with Crippen molar-refractivity contribution in [1.82, 2.24) is 4.90 Å². The predicted molar refractivity (Wildman–Crippen MR) is 72.3 cm³/mol. The number of carbonyl (C=O) groups is 2. The third-order valence-electron chi connectivity index (χ3n) is 2.53. The molecule has 1 N–H and O–H groups in total. The van der Waals surface area contributed by atoms with Gasteiger partial charge in [0.2, 0.25) is 5.91 Å². The van der Waals surface area contributed by atoms with Crippen LogP contribution in [0.3, 0.4) is 0 Å². The smallest absolute Gasteiger partial charge is 0.328 e. The van der Waals surface area contributed by atoms with Gasteiger partial charge >= 0.3 is 5.97 Å². The predicted octanol–water partition coefficient (Wildman–Crippen LogP) is 2.69. The highest BCUT2D eigenvalue weighted by atomic mass is 16.4. The maximum atomic E-state index is 12.0. The van der Waals surface area contributed by atoms with Crippen molar-refractivity contribution >= 4 is 11.9 Å². The maximum absolute atomic E-state index is 12.0. The summed E-state index contributed by atoms with van der Waals surface area (Å²) in [6.45, 7) is 12.8. The minimum atomic E-state index is -1.10. The standard InChI is InChI=1S/C14H25NO3/c1-13(2,3)9-10-15(14(4,5)6)11(16)7-8-12(17)18/h7-8H,9-10H2,1-6H3,(H,17,18). The number of hydrogen-bond donors (Lipinski definition) is 1. The second-order valence-electron chi connectivity index (χ2n) is 6.64. The summed E-state index contributed by atoms with van der Waals surface area (Å²) in [6, 6.07) is 0. The summed E-state index contributed by atoms with van der Waals surface area (Å²) in [5.41, 5.74) is -0.175. The molecule has 0 fully saturated rings. The summed E-state index contributed by atoms with van der Waals surface area (Å²) < 4.78 is 0. The summed E-state index contributed by atoms with van der Waals surface area (Å²) in [7, 11) is 0. The van der Waals surface area contributed by atoms with Gasteiger partial charge in [0.15, 0.2) is 0 Å². The maximum Gasteiger partial charge on any atom is 0.328 e. The molecule has 0 aromatic heterocycles. The fourth-order valence-corrected chi connectivity index (χ4v) is 1.46. The topological polar surface area (TPSA) is 57.6 Å². The molecule has 0 saturated heterocycles. The lowest BCUT2D eigenvalue weighted by atomic mass is 9.91. The molecule has 0 aromatic carbocycles. The molecular weight excluding hydrogens is 230 g/mol. The molecule has 18 heavy (non-hydrogen) atoms. The molecule has 0 rings (SSSR count). The first kappa shape index (κ1) is 16.7. The van der Waals surface area contributed by atoms with Crippen LogP contribution in [0.25, 0.3) is 0 Å². The van der Waals surface area contributed by atoms with Gasteiger partial charge in [0.05, 0.1) is 0 Å². The minimum absolute atomic E-state index is 0.139. The van der Waals surface area contributed by atoms with E-state index in [0.717, 1.165) is 18.6 Å². The van der Waals surface area contributed by atoms with Crippen LogP contribution in [0.4, 0.5) is 0 Å². The fourth-order valence-electron chi connectivity index (χ4n) is 1.46. The molecule has 104 valence electrons. The number of nitrogens with zero attached hydrogens (tertiary/aromatic N) is 1. The van der Waals surface area contributed by atoms with Gasteiger partial charge in [-0.2, -0.15) is 0 Å². The number of carboxylic acids is 1. The zero-order valence-corrected chi connectivity index (χ0v) is 12.3. The van der Waals surface area contributed by atoms with Gasteiger partial charge in [0, 0.05) is 24.2 Å². The van der Waals surface area contributed by atoms with E-state index in [1.165, 1.54) is 0 Å². The van der Waals surface area contributed by atoms with Gasteiger partial charge in [-0.1, -0.05) is 20.8 Å². The van der Waals surface area contributed by atoms with Gasteiger partial charge in [-0.3, -0.25) is 4.79 Å². The third-order valence-corrected chi connectivity index (χ3v) is 2.53. The van der Waals surface area contributed by atoms with Gasteiger partial charge in [0.25, 0.3) is 0 Å². The highest BCUT2D eigenvalue weighted by Crippen LogP contribution is 2.22. The van der Waals surface area contributed by atoms with E-state index in [2.05, 4.69) is 20.8 Å². The van der Waals surface area contributed by atoms with Gasteiger partial charge in [-0.15, -0.1) is 0 Å². The number of aliphatic carboxylic acids is 1. The van der Waals surface area contributed by atoms with Crippen molar-refractivity contribution in [2.45, 2.75) is 53.5 Å². The minimum Gasteiger partial charge on any atom is -0.478 e. The average Bonchev–Trinajstić information content (AvgIpc) is 2.10. The first-order chi connectivity index (χ1) is 7.93. The van der Waals surface area contributed by atoms with E-state index in [-0.39, 0.29) is 16.9 Å². The van der Waals surface area contributed by atoms with Crippen molar-refractivity contribution in [3.8, 4) is 0 Å². The molecule has 4 heteroatoms. The Morgan fingerprint density at radius 3 is 1.89 bits per heavy atom. The Kier molecular flexibility index (Phi) is 5.58. The molecule has 4 nitrogen and oxygen atoms in total. The summed E-state index contributed by atoms with van der Waals surface area (Å²) in [5.74, 6) is -1.36. The van der Waals surface area contributed by atoms with Crippen molar-refractivity contribution in [3.05, 3.63) is 12.2 Å². The Morgan fingerprint density at radius 1 is 1.06 bits per heavy atom. The fraction of sp³-hybridized carbons (Fsp3) is 0.714. The van der Waals surface area contributed by atoms with Crippen LogP contribution in [0, 0.1) is 5.41 Å². The van der Waals surface area contributed by atoms with Crippen LogP contribution in [0.5, 0.6) is 0 Å². The quantitative estimate of drug-likeness (QED) is 0.786. The molecule has 0 unspecified atom stereocenters. The molecule has 0 aliphatic rings. The number of carboxylic acid groups (broad SMARTS) is 1. The Bertz CT molecular complexity index is 332. The second-order valence-corrected chi connectivity index (χ2v) is 6.64. The summed E-state index contributed by atoms with van der Waals surface area (Å²) in [6.07, 6.45) is 2.88. The molecule has 0 heterocycles. The molecule has 0 bridgehead atoms. The summed E-state index contributed by atoms with van der Waals surface area (Å²) >= 11 is 0. The third kappa shape index (κ3) is 7.09. The molecule has 0 aliphatic heterocycles. The monoisotopic (exact) mass is 255 g/mol. The average molecular weight is 255 g/mol. The zero-order valence-electron chi connectivity index (χ0n) is 12.3. The van der Waals surface area contributed by atoms with Crippen LogP contribution in [0.1, 0.15) is 48.0 Å². The molecule has 1 amide bonds. The highest BCUT2D eigenvalue weighted by Gasteiger charge is 2.26. The van der Waals surface area contributed by atoms with Crippen molar-refractivity contribution in [2.75, 3.05) is 6.54 Å². The number of rotatable bonds is 4. The number of carbonyl (C=O) groups excluding carboxylic acids is 1. The van der Waals surface area contributed by atoms with Crippen LogP contribution in [-0.2, 0) is 9.59 Å². The summed E-state index contributed by atoms with van der Waals surface area (Å²) in [4.78, 5) is 24.1. The van der Waals surface area contributed by atoms with E-state index >= 15 is 0 Å². The lowest BCUT2D eigenvalue weighted by Gasteiger charge is -2.36.